The second-order valence-electron chi connectivity index (χ2n) is 6.10. The summed E-state index contributed by atoms with van der Waals surface area (Å²) < 4.78 is 5.20. The third-order valence-corrected chi connectivity index (χ3v) is 4.45. The number of aromatic nitrogens is 1. The molecule has 7 nitrogen and oxygen atoms in total. The lowest BCUT2D eigenvalue weighted by molar-refractivity contribution is 0.0766. The minimum absolute atomic E-state index is 0.0260. The standard InChI is InChI=1S/C19H22N4O3/c1-26-15-6-2-5-14(13-15)19(25)23-10-4-9-22(11-12-23)18-16(17(20)24)7-3-8-21-18/h2-3,5-8,13H,4,9-12H2,1H3,(H2,20,24). The molecule has 26 heavy (non-hydrogen) atoms. The molecule has 0 bridgehead atoms. The Balaban J connectivity index is 1.74. The molecule has 1 saturated heterocycles. The number of hydrogen-bond donors (Lipinski definition) is 1. The zero-order valence-corrected chi connectivity index (χ0v) is 14.7. The van der Waals surface area contributed by atoms with Gasteiger partial charge in [-0.25, -0.2) is 4.98 Å². The molecule has 0 atom stereocenters. The molecule has 0 unspecified atom stereocenters. The number of carbonyl (C=O) groups excluding carboxylic acids is 2. The van der Waals surface area contributed by atoms with Crippen molar-refractivity contribution in [2.75, 3.05) is 38.2 Å². The van der Waals surface area contributed by atoms with Crippen LogP contribution >= 0.6 is 0 Å². The average Bonchev–Trinajstić information content (AvgIpc) is 2.93. The quantitative estimate of drug-likeness (QED) is 0.900. The molecule has 0 radical (unpaired) electrons. The van der Waals surface area contributed by atoms with E-state index >= 15 is 0 Å². The smallest absolute Gasteiger partial charge is 0.254 e. The van der Waals surface area contributed by atoms with E-state index in [9.17, 15) is 9.59 Å². The van der Waals surface area contributed by atoms with Gasteiger partial charge in [0.25, 0.3) is 11.8 Å². The fraction of sp³-hybridized carbons (Fsp3) is 0.316. The first kappa shape index (κ1) is 17.7. The van der Waals surface area contributed by atoms with Crippen LogP contribution in [0.25, 0.3) is 0 Å². The van der Waals surface area contributed by atoms with Gasteiger partial charge in [0.1, 0.15) is 11.6 Å². The lowest BCUT2D eigenvalue weighted by atomic mass is 10.2. The minimum atomic E-state index is -0.498. The Labute approximate surface area is 152 Å². The van der Waals surface area contributed by atoms with Crippen molar-refractivity contribution in [1.29, 1.82) is 0 Å². The molecule has 2 heterocycles. The van der Waals surface area contributed by atoms with E-state index in [4.69, 9.17) is 10.5 Å². The van der Waals surface area contributed by atoms with Gasteiger partial charge in [0.05, 0.1) is 12.7 Å². The molecule has 3 rings (SSSR count). The monoisotopic (exact) mass is 354 g/mol. The Bertz CT molecular complexity index is 809. The molecule has 2 aromatic rings. The van der Waals surface area contributed by atoms with Gasteiger partial charge in [-0.3, -0.25) is 9.59 Å². The van der Waals surface area contributed by atoms with E-state index in [2.05, 4.69) is 4.98 Å². The number of amides is 2. The zero-order valence-electron chi connectivity index (χ0n) is 14.7. The summed E-state index contributed by atoms with van der Waals surface area (Å²) in [4.78, 5) is 32.6. The summed E-state index contributed by atoms with van der Waals surface area (Å²) in [6.45, 7) is 2.49. The topological polar surface area (TPSA) is 88.8 Å². The number of nitrogens with zero attached hydrogens (tertiary/aromatic N) is 3. The van der Waals surface area contributed by atoms with Crippen molar-refractivity contribution >= 4 is 17.6 Å². The third-order valence-electron chi connectivity index (χ3n) is 4.45. The largest absolute Gasteiger partial charge is 0.497 e. The number of hydrogen-bond acceptors (Lipinski definition) is 5. The van der Waals surface area contributed by atoms with Crippen molar-refractivity contribution in [3.8, 4) is 5.75 Å². The van der Waals surface area contributed by atoms with Crippen LogP contribution in [0.4, 0.5) is 5.82 Å². The average molecular weight is 354 g/mol. The molecule has 7 heteroatoms. The van der Waals surface area contributed by atoms with Gasteiger partial charge < -0.3 is 20.3 Å². The summed E-state index contributed by atoms with van der Waals surface area (Å²) in [7, 11) is 1.58. The van der Waals surface area contributed by atoms with E-state index in [-0.39, 0.29) is 5.91 Å². The van der Waals surface area contributed by atoms with E-state index in [1.807, 2.05) is 21.9 Å². The van der Waals surface area contributed by atoms with E-state index < -0.39 is 5.91 Å². The number of rotatable bonds is 4. The number of carbonyl (C=O) groups is 2. The lowest BCUT2D eigenvalue weighted by Crippen LogP contribution is -2.36. The van der Waals surface area contributed by atoms with E-state index in [1.165, 1.54) is 0 Å². The summed E-state index contributed by atoms with van der Waals surface area (Å²) in [6, 6.07) is 10.5. The molecular formula is C19H22N4O3. The van der Waals surface area contributed by atoms with Crippen LogP contribution < -0.4 is 15.4 Å². The highest BCUT2D eigenvalue weighted by atomic mass is 16.5. The SMILES string of the molecule is COc1cccc(C(=O)N2CCCN(c3ncccc3C(N)=O)CC2)c1. The minimum Gasteiger partial charge on any atom is -0.497 e. The van der Waals surface area contributed by atoms with Crippen LogP contribution in [0.5, 0.6) is 5.75 Å². The highest BCUT2D eigenvalue weighted by Crippen LogP contribution is 2.20. The predicted molar refractivity (Wildman–Crippen MR) is 98.5 cm³/mol. The second-order valence-corrected chi connectivity index (χ2v) is 6.10. The van der Waals surface area contributed by atoms with Gasteiger partial charge >= 0.3 is 0 Å². The number of nitrogens with two attached hydrogens (primary N) is 1. The van der Waals surface area contributed by atoms with Crippen molar-refractivity contribution < 1.29 is 14.3 Å². The van der Waals surface area contributed by atoms with Crippen molar-refractivity contribution in [3.63, 3.8) is 0 Å². The zero-order chi connectivity index (χ0) is 18.5. The Kier molecular flexibility index (Phi) is 5.36. The number of pyridine rings is 1. The van der Waals surface area contributed by atoms with Crippen molar-refractivity contribution in [1.82, 2.24) is 9.88 Å². The van der Waals surface area contributed by atoms with Crippen LogP contribution in [0, 0.1) is 0 Å². The Morgan fingerprint density at radius 3 is 2.73 bits per heavy atom. The molecule has 1 aliphatic rings. The second kappa shape index (κ2) is 7.86. The molecule has 1 fully saturated rings. The van der Waals surface area contributed by atoms with Gasteiger partial charge in [-0.1, -0.05) is 6.07 Å². The summed E-state index contributed by atoms with van der Waals surface area (Å²) in [6.07, 6.45) is 2.43. The van der Waals surface area contributed by atoms with Gasteiger partial charge in [0, 0.05) is 37.9 Å². The predicted octanol–water partition coefficient (Wildman–Crippen LogP) is 1.54. The number of primary amides is 1. The summed E-state index contributed by atoms with van der Waals surface area (Å²) >= 11 is 0. The van der Waals surface area contributed by atoms with Gasteiger partial charge in [-0.15, -0.1) is 0 Å². The molecule has 1 aromatic heterocycles. The number of methoxy groups -OCH3 is 1. The molecule has 0 aliphatic carbocycles. The lowest BCUT2D eigenvalue weighted by Gasteiger charge is -2.24. The maximum Gasteiger partial charge on any atom is 0.254 e. The van der Waals surface area contributed by atoms with Crippen LogP contribution in [-0.4, -0.2) is 55.0 Å². The van der Waals surface area contributed by atoms with Crippen LogP contribution in [-0.2, 0) is 0 Å². The van der Waals surface area contributed by atoms with E-state index in [1.54, 1.807) is 37.6 Å². The maximum atomic E-state index is 12.8. The highest BCUT2D eigenvalue weighted by Gasteiger charge is 2.23. The van der Waals surface area contributed by atoms with E-state index in [0.29, 0.717) is 48.9 Å². The van der Waals surface area contributed by atoms with E-state index in [0.717, 1.165) is 6.42 Å². The molecule has 1 aromatic carbocycles. The van der Waals surface area contributed by atoms with Gasteiger partial charge in [-0.2, -0.15) is 0 Å². The normalized spacial score (nSPS) is 14.7. The highest BCUT2D eigenvalue weighted by molar-refractivity contribution is 5.97. The molecule has 0 saturated carbocycles. The first-order chi connectivity index (χ1) is 12.6. The molecule has 0 spiro atoms. The fourth-order valence-electron chi connectivity index (χ4n) is 3.11. The number of ether oxygens (including phenoxy) is 1. The van der Waals surface area contributed by atoms with Crippen LogP contribution in [0.15, 0.2) is 42.6 Å². The van der Waals surface area contributed by atoms with Gasteiger partial charge in [0.15, 0.2) is 0 Å². The van der Waals surface area contributed by atoms with Crippen LogP contribution in [0.1, 0.15) is 27.1 Å². The Morgan fingerprint density at radius 1 is 1.12 bits per heavy atom. The molecule has 2 amide bonds. The molecule has 136 valence electrons. The number of benzene rings is 1. The Hall–Kier alpha value is -3.09. The van der Waals surface area contributed by atoms with Crippen LogP contribution in [0.3, 0.4) is 0 Å². The molecular weight excluding hydrogens is 332 g/mol. The van der Waals surface area contributed by atoms with Gasteiger partial charge in [0.2, 0.25) is 0 Å². The summed E-state index contributed by atoms with van der Waals surface area (Å²) in [5, 5.41) is 0. The van der Waals surface area contributed by atoms with Crippen molar-refractivity contribution in [3.05, 3.63) is 53.7 Å². The van der Waals surface area contributed by atoms with Crippen LogP contribution in [0.2, 0.25) is 0 Å². The third kappa shape index (κ3) is 3.77. The molecule has 2 N–H and O–H groups in total. The maximum absolute atomic E-state index is 12.8. The summed E-state index contributed by atoms with van der Waals surface area (Å²) in [5.74, 6) is 0.714. The molecule has 1 aliphatic heterocycles. The summed E-state index contributed by atoms with van der Waals surface area (Å²) in [5.41, 5.74) is 6.47. The first-order valence-corrected chi connectivity index (χ1v) is 8.53. The van der Waals surface area contributed by atoms with Gasteiger partial charge in [-0.05, 0) is 36.8 Å². The fourth-order valence-corrected chi connectivity index (χ4v) is 3.11. The first-order valence-electron chi connectivity index (χ1n) is 8.53. The number of anilines is 1. The van der Waals surface area contributed by atoms with Crippen molar-refractivity contribution in [2.45, 2.75) is 6.42 Å². The van der Waals surface area contributed by atoms with Crippen molar-refractivity contribution in [2.24, 2.45) is 5.73 Å². The Morgan fingerprint density at radius 2 is 1.96 bits per heavy atom.